The quantitative estimate of drug-likeness (QED) is 0.743. The molecule has 0 saturated heterocycles. The Morgan fingerprint density at radius 3 is 2.68 bits per heavy atom. The van der Waals surface area contributed by atoms with Crippen LogP contribution in [0.5, 0.6) is 5.75 Å². The van der Waals surface area contributed by atoms with Gasteiger partial charge in [0.15, 0.2) is 6.61 Å². The van der Waals surface area contributed by atoms with Crippen LogP contribution in [0.3, 0.4) is 0 Å². The Labute approximate surface area is 147 Å². The number of anilines is 1. The first-order valence-electron chi connectivity index (χ1n) is 7.30. The Morgan fingerprint density at radius 2 is 2.04 bits per heavy atom. The molecule has 2 aromatic carbocycles. The van der Waals surface area contributed by atoms with E-state index < -0.39 is 5.82 Å². The molecular weight excluding hydrogens is 349 g/mol. The van der Waals surface area contributed by atoms with Crippen LogP contribution in [0.25, 0.3) is 0 Å². The minimum Gasteiger partial charge on any atom is -0.485 e. The molecule has 0 aliphatic carbocycles. The number of amides is 1. The van der Waals surface area contributed by atoms with Gasteiger partial charge in [0.2, 0.25) is 11.7 Å². The second-order valence-corrected chi connectivity index (χ2v) is 5.53. The molecule has 6 nitrogen and oxygen atoms in total. The van der Waals surface area contributed by atoms with E-state index in [0.717, 1.165) is 0 Å². The third-order valence-electron chi connectivity index (χ3n) is 3.23. The van der Waals surface area contributed by atoms with Crippen molar-refractivity contribution in [3.8, 4) is 5.75 Å². The summed E-state index contributed by atoms with van der Waals surface area (Å²) in [5, 5.41) is 6.31. The van der Waals surface area contributed by atoms with E-state index in [1.165, 1.54) is 18.2 Å². The summed E-state index contributed by atoms with van der Waals surface area (Å²) in [5.41, 5.74) is 0.826. The molecule has 3 aromatic rings. The number of ether oxygens (including phenoxy) is 1. The highest BCUT2D eigenvalue weighted by Gasteiger charge is 2.09. The van der Waals surface area contributed by atoms with Gasteiger partial charge in [-0.25, -0.2) is 4.39 Å². The smallest absolute Gasteiger partial charge is 0.255 e. The van der Waals surface area contributed by atoms with E-state index in [4.69, 9.17) is 20.9 Å². The van der Waals surface area contributed by atoms with Gasteiger partial charge in [0, 0.05) is 18.2 Å². The normalized spacial score (nSPS) is 10.5. The fraction of sp³-hybridized carbons (Fsp3) is 0.118. The number of aryl methyl sites for hydroxylation is 1. The van der Waals surface area contributed by atoms with Crippen molar-refractivity contribution < 1.29 is 18.4 Å². The summed E-state index contributed by atoms with van der Waals surface area (Å²) in [7, 11) is 0. The first-order chi connectivity index (χ1) is 12.0. The maximum Gasteiger partial charge on any atom is 0.255 e. The Bertz CT molecular complexity index is 896. The molecule has 0 unspecified atom stereocenters. The summed E-state index contributed by atoms with van der Waals surface area (Å²) in [6.07, 6.45) is 0. The number of hydrogen-bond donors (Lipinski definition) is 1. The molecule has 0 radical (unpaired) electrons. The van der Waals surface area contributed by atoms with Gasteiger partial charge in [-0.15, -0.1) is 0 Å². The fourth-order valence-electron chi connectivity index (χ4n) is 2.03. The van der Waals surface area contributed by atoms with Crippen molar-refractivity contribution in [3.05, 3.63) is 70.6 Å². The second kappa shape index (κ2) is 7.31. The van der Waals surface area contributed by atoms with Gasteiger partial charge >= 0.3 is 0 Å². The highest BCUT2D eigenvalue weighted by molar-refractivity contribution is 6.31. The van der Waals surface area contributed by atoms with Gasteiger partial charge in [-0.2, -0.15) is 4.98 Å². The van der Waals surface area contributed by atoms with Crippen molar-refractivity contribution in [2.45, 2.75) is 13.5 Å². The molecule has 0 bridgehead atoms. The molecule has 0 atom stereocenters. The number of nitrogens with zero attached hydrogens (tertiary/aromatic N) is 2. The van der Waals surface area contributed by atoms with Crippen molar-refractivity contribution >= 4 is 23.2 Å². The molecule has 1 aromatic heterocycles. The number of carbonyl (C=O) groups is 1. The zero-order valence-electron chi connectivity index (χ0n) is 13.1. The van der Waals surface area contributed by atoms with Crippen LogP contribution in [0.1, 0.15) is 22.1 Å². The van der Waals surface area contributed by atoms with Gasteiger partial charge in [-0.3, -0.25) is 4.79 Å². The lowest BCUT2D eigenvalue weighted by Gasteiger charge is -2.07. The summed E-state index contributed by atoms with van der Waals surface area (Å²) in [6.45, 7) is 1.86. The first-order valence-corrected chi connectivity index (χ1v) is 7.67. The van der Waals surface area contributed by atoms with Gasteiger partial charge < -0.3 is 14.6 Å². The lowest BCUT2D eigenvalue weighted by atomic mass is 10.2. The van der Waals surface area contributed by atoms with Gasteiger partial charge in [0.1, 0.15) is 11.6 Å². The maximum atomic E-state index is 13.1. The number of nitrogens with one attached hydrogen (secondary N) is 1. The third kappa shape index (κ3) is 4.33. The van der Waals surface area contributed by atoms with E-state index in [0.29, 0.717) is 28.7 Å². The molecule has 3 rings (SSSR count). The SMILES string of the molecule is Cc1nc(COc2ccc(C(=O)Nc3ccc(F)c(Cl)c3)cc2)no1. The topological polar surface area (TPSA) is 77.2 Å². The number of rotatable bonds is 5. The minimum atomic E-state index is -0.544. The van der Waals surface area contributed by atoms with E-state index in [9.17, 15) is 9.18 Å². The Kier molecular flexibility index (Phi) is 4.95. The molecule has 0 aliphatic rings. The molecule has 0 aliphatic heterocycles. The highest BCUT2D eigenvalue weighted by atomic mass is 35.5. The fourth-order valence-corrected chi connectivity index (χ4v) is 2.21. The van der Waals surface area contributed by atoms with Crippen LogP contribution in [0.2, 0.25) is 5.02 Å². The number of hydrogen-bond acceptors (Lipinski definition) is 5. The third-order valence-corrected chi connectivity index (χ3v) is 3.52. The number of carbonyl (C=O) groups excluding carboxylic acids is 1. The lowest BCUT2D eigenvalue weighted by Crippen LogP contribution is -2.11. The molecule has 1 heterocycles. The average molecular weight is 362 g/mol. The molecule has 1 amide bonds. The summed E-state index contributed by atoms with van der Waals surface area (Å²) in [6, 6.07) is 10.5. The zero-order valence-corrected chi connectivity index (χ0v) is 13.9. The number of aromatic nitrogens is 2. The van der Waals surface area contributed by atoms with Gasteiger partial charge in [0.25, 0.3) is 5.91 Å². The summed E-state index contributed by atoms with van der Waals surface area (Å²) < 4.78 is 23.5. The summed E-state index contributed by atoms with van der Waals surface area (Å²) >= 11 is 5.69. The van der Waals surface area contributed by atoms with Crippen LogP contribution >= 0.6 is 11.6 Å². The number of benzene rings is 2. The second-order valence-electron chi connectivity index (χ2n) is 5.13. The summed E-state index contributed by atoms with van der Waals surface area (Å²) in [4.78, 5) is 16.2. The maximum absolute atomic E-state index is 13.1. The molecule has 1 N–H and O–H groups in total. The van der Waals surface area contributed by atoms with Crippen LogP contribution in [0.4, 0.5) is 10.1 Å². The molecule has 128 valence electrons. The van der Waals surface area contributed by atoms with E-state index >= 15 is 0 Å². The predicted molar refractivity (Wildman–Crippen MR) is 89.2 cm³/mol. The van der Waals surface area contributed by atoms with Crippen LogP contribution in [0, 0.1) is 12.7 Å². The van der Waals surface area contributed by atoms with Crippen LogP contribution < -0.4 is 10.1 Å². The van der Waals surface area contributed by atoms with Crippen molar-refractivity contribution in [1.29, 1.82) is 0 Å². The van der Waals surface area contributed by atoms with E-state index in [-0.39, 0.29) is 17.5 Å². The van der Waals surface area contributed by atoms with Gasteiger partial charge in [-0.05, 0) is 42.5 Å². The molecular formula is C17H13ClFN3O3. The Hall–Kier alpha value is -2.93. The van der Waals surface area contributed by atoms with Crippen LogP contribution in [0.15, 0.2) is 47.0 Å². The highest BCUT2D eigenvalue weighted by Crippen LogP contribution is 2.20. The zero-order chi connectivity index (χ0) is 17.8. The first kappa shape index (κ1) is 16.9. The Balaban J connectivity index is 1.60. The predicted octanol–water partition coefficient (Wildman–Crippen LogP) is 4.00. The standard InChI is InChI=1S/C17H13ClFN3O3/c1-10-20-16(22-25-10)9-24-13-5-2-11(3-6-13)17(23)21-12-4-7-15(19)14(18)8-12/h2-8H,9H2,1H3,(H,21,23). The minimum absolute atomic E-state index is 0.0572. The number of halogens is 2. The molecule has 0 fully saturated rings. The van der Waals surface area contributed by atoms with E-state index in [1.54, 1.807) is 31.2 Å². The van der Waals surface area contributed by atoms with Crippen LogP contribution in [-0.2, 0) is 6.61 Å². The van der Waals surface area contributed by atoms with Crippen molar-refractivity contribution in [3.63, 3.8) is 0 Å². The molecule has 25 heavy (non-hydrogen) atoms. The van der Waals surface area contributed by atoms with Crippen molar-refractivity contribution in [2.24, 2.45) is 0 Å². The van der Waals surface area contributed by atoms with Crippen molar-refractivity contribution in [2.75, 3.05) is 5.32 Å². The average Bonchev–Trinajstić information content (AvgIpc) is 3.02. The molecule has 8 heteroatoms. The van der Waals surface area contributed by atoms with Gasteiger partial charge in [0.05, 0.1) is 5.02 Å². The van der Waals surface area contributed by atoms with E-state index in [2.05, 4.69) is 15.5 Å². The monoisotopic (exact) mass is 361 g/mol. The van der Waals surface area contributed by atoms with Crippen molar-refractivity contribution in [1.82, 2.24) is 10.1 Å². The molecule has 0 spiro atoms. The van der Waals surface area contributed by atoms with E-state index in [1.807, 2.05) is 0 Å². The molecule has 0 saturated carbocycles. The summed E-state index contributed by atoms with van der Waals surface area (Å²) in [5.74, 6) is 0.573. The van der Waals surface area contributed by atoms with Crippen LogP contribution in [-0.4, -0.2) is 16.0 Å². The Morgan fingerprint density at radius 1 is 1.28 bits per heavy atom. The largest absolute Gasteiger partial charge is 0.485 e. The lowest BCUT2D eigenvalue weighted by molar-refractivity contribution is 0.102. The van der Waals surface area contributed by atoms with Gasteiger partial charge in [-0.1, -0.05) is 16.8 Å².